The van der Waals surface area contributed by atoms with Gasteiger partial charge in [0.25, 0.3) is 0 Å². The van der Waals surface area contributed by atoms with Crippen LogP contribution in [-0.2, 0) is 43.0 Å². The molecule has 0 fully saturated rings. The molecule has 0 rings (SSSR count). The largest absolute Gasteiger partial charge is 2.00 e. The zero-order valence-corrected chi connectivity index (χ0v) is 11.3. The van der Waals surface area contributed by atoms with Crippen LogP contribution in [0.2, 0.25) is 0 Å². The van der Waals surface area contributed by atoms with Gasteiger partial charge < -0.3 is 33.8 Å². The predicted octanol–water partition coefficient (Wildman–Crippen LogP) is -5.78. The smallest absolute Gasteiger partial charge is 1.00 e. The normalized spacial score (nSPS) is 7.28. The van der Waals surface area contributed by atoms with Crippen LogP contribution in [0.5, 0.6) is 0 Å². The molecule has 1 amide bonds. The Morgan fingerprint density at radius 1 is 1.11 bits per heavy atom. The fraction of sp³-hybridized carbons (Fsp3) is 0.375. The van der Waals surface area contributed by atoms with E-state index in [-0.39, 0.29) is 44.7 Å². The predicted molar refractivity (Wildman–Crippen MR) is 43.2 cm³/mol. The Kier molecular flexibility index (Phi) is 71.9. The molecule has 18 heavy (non-hydrogen) atoms. The Morgan fingerprint density at radius 3 is 1.56 bits per heavy atom. The molecule has 0 aromatic rings. The minimum absolute atomic E-state index is 0. The molecule has 0 aliphatic carbocycles. The number of amides is 1. The standard InChI is InChI=1S/C5H10N2O3.3CO.ClH.Ru/c6-3(5(9)10)1-2-4(7)8;3*1-2;;/h3H,1-2,6H2,(H2,7,8)(H,9,10);;;;1H;/q;;;;;+2/p-2. The number of carboxylic acid groups (broad SMARTS) is 1. The van der Waals surface area contributed by atoms with E-state index in [0.717, 1.165) is 0 Å². The first-order chi connectivity index (χ1) is 7.54. The van der Waals surface area contributed by atoms with Gasteiger partial charge in [0.05, 0.1) is 5.97 Å². The zero-order valence-electron chi connectivity index (χ0n) is 8.83. The number of carbonyl (C=O) groups is 2. The average Bonchev–Trinajstić information content (AvgIpc) is 2.33. The van der Waals surface area contributed by atoms with Crippen LogP contribution in [0.3, 0.4) is 0 Å². The molecular formula is C8H9ClN2O6Ru. The Labute approximate surface area is 123 Å². The second-order valence-electron chi connectivity index (χ2n) is 1.93. The summed E-state index contributed by atoms with van der Waals surface area (Å²) >= 11 is 0. The summed E-state index contributed by atoms with van der Waals surface area (Å²) in [5.41, 5.74) is 9.73. The minimum atomic E-state index is -1.36. The van der Waals surface area contributed by atoms with Gasteiger partial charge in [-0.25, -0.2) is 0 Å². The number of aliphatic carboxylic acids is 1. The Balaban J connectivity index is -0.0000000394. The van der Waals surface area contributed by atoms with Gasteiger partial charge >= 0.3 is 53.4 Å². The van der Waals surface area contributed by atoms with Crippen LogP contribution in [0.1, 0.15) is 12.8 Å². The van der Waals surface area contributed by atoms with E-state index in [9.17, 15) is 14.7 Å². The summed E-state index contributed by atoms with van der Waals surface area (Å²) in [6.07, 6.45) is 0.0206. The summed E-state index contributed by atoms with van der Waals surface area (Å²) in [4.78, 5) is 20.0. The molecule has 0 aliphatic heterocycles. The molecule has 10 heteroatoms. The van der Waals surface area contributed by atoms with Crippen molar-refractivity contribution in [3.63, 3.8) is 0 Å². The zero-order chi connectivity index (χ0) is 14.1. The van der Waals surface area contributed by atoms with Gasteiger partial charge in [0.15, 0.2) is 0 Å². The van der Waals surface area contributed by atoms with E-state index < -0.39 is 17.9 Å². The molecule has 1 unspecified atom stereocenters. The molecule has 1 atom stereocenters. The molecule has 0 aromatic carbocycles. The fourth-order valence-corrected chi connectivity index (χ4v) is 0.416. The number of hydrogen-bond donors (Lipinski definition) is 2. The van der Waals surface area contributed by atoms with Crippen molar-refractivity contribution in [2.75, 3.05) is 0 Å². The monoisotopic (exact) mass is 366 g/mol. The first-order valence-electron chi connectivity index (χ1n) is 3.40. The molecule has 8 nitrogen and oxygen atoms in total. The van der Waals surface area contributed by atoms with Crippen molar-refractivity contribution >= 4 is 11.9 Å². The SMILES string of the molecule is NC(=O)CCC(N)C(=O)[O-].[C-]#[O+].[C-]#[O+].[C-]#[O+].[Cl-].[Ru+2]. The van der Waals surface area contributed by atoms with Crippen molar-refractivity contribution in [1.29, 1.82) is 0 Å². The van der Waals surface area contributed by atoms with E-state index in [1.54, 1.807) is 0 Å². The summed E-state index contributed by atoms with van der Waals surface area (Å²) < 4.78 is 22.5. The summed E-state index contributed by atoms with van der Waals surface area (Å²) in [5.74, 6) is -1.92. The Hall–Kier alpha value is -0.967. The Morgan fingerprint density at radius 2 is 1.39 bits per heavy atom. The van der Waals surface area contributed by atoms with Crippen molar-refractivity contribution in [2.45, 2.75) is 18.9 Å². The molecule has 102 valence electrons. The van der Waals surface area contributed by atoms with E-state index in [2.05, 4.69) is 20.0 Å². The van der Waals surface area contributed by atoms with Gasteiger partial charge in [-0.15, -0.1) is 0 Å². The first-order valence-corrected chi connectivity index (χ1v) is 3.40. The molecular weight excluding hydrogens is 357 g/mol. The topological polar surface area (TPSA) is 169 Å². The third-order valence-corrected chi connectivity index (χ3v) is 1.00. The van der Waals surface area contributed by atoms with Gasteiger partial charge in [0.1, 0.15) is 0 Å². The summed E-state index contributed by atoms with van der Waals surface area (Å²) in [7, 11) is 0. The Bertz CT molecular complexity index is 241. The average molecular weight is 366 g/mol. The number of hydrogen-bond acceptors (Lipinski definition) is 4. The van der Waals surface area contributed by atoms with E-state index in [1.807, 2.05) is 0 Å². The molecule has 0 spiro atoms. The molecule has 4 N–H and O–H groups in total. The van der Waals surface area contributed by atoms with E-state index in [4.69, 9.17) is 25.4 Å². The van der Waals surface area contributed by atoms with Crippen molar-refractivity contribution in [2.24, 2.45) is 11.5 Å². The molecule has 0 saturated heterocycles. The van der Waals surface area contributed by atoms with E-state index in [0.29, 0.717) is 0 Å². The second kappa shape index (κ2) is 36.0. The van der Waals surface area contributed by atoms with Crippen LogP contribution in [0.4, 0.5) is 0 Å². The number of carboxylic acids is 1. The number of nitrogens with two attached hydrogens (primary N) is 2. The van der Waals surface area contributed by atoms with Crippen LogP contribution in [0.15, 0.2) is 0 Å². The van der Waals surface area contributed by atoms with Gasteiger partial charge in [-0.3, -0.25) is 4.79 Å². The number of halogens is 1. The summed E-state index contributed by atoms with van der Waals surface area (Å²) in [5, 5.41) is 9.92. The van der Waals surface area contributed by atoms with Crippen molar-refractivity contribution in [3.8, 4) is 0 Å². The van der Waals surface area contributed by atoms with Crippen molar-refractivity contribution in [1.82, 2.24) is 0 Å². The minimum Gasteiger partial charge on any atom is -1.00 e. The maximum atomic E-state index is 10.1. The van der Waals surface area contributed by atoms with Gasteiger partial charge in [0.2, 0.25) is 5.91 Å². The molecule has 0 bridgehead atoms. The quantitative estimate of drug-likeness (QED) is 0.287. The number of rotatable bonds is 4. The third kappa shape index (κ3) is 45.9. The van der Waals surface area contributed by atoms with Gasteiger partial charge in [-0.2, -0.15) is 0 Å². The van der Waals surface area contributed by atoms with E-state index in [1.165, 1.54) is 0 Å². The maximum absolute atomic E-state index is 10.1. The second-order valence-corrected chi connectivity index (χ2v) is 1.93. The number of primary amides is 1. The molecule has 0 aromatic heterocycles. The maximum Gasteiger partial charge on any atom is 2.00 e. The fourth-order valence-electron chi connectivity index (χ4n) is 0.416. The summed E-state index contributed by atoms with van der Waals surface area (Å²) in [6, 6.07) is -1.09. The summed E-state index contributed by atoms with van der Waals surface area (Å²) in [6.45, 7) is 13.5. The molecule has 0 saturated carbocycles. The van der Waals surface area contributed by atoms with Crippen molar-refractivity contribution in [3.05, 3.63) is 20.0 Å². The van der Waals surface area contributed by atoms with Crippen LogP contribution >= 0.6 is 0 Å². The van der Waals surface area contributed by atoms with Crippen LogP contribution in [-0.4, -0.2) is 17.9 Å². The van der Waals surface area contributed by atoms with Crippen LogP contribution in [0, 0.1) is 20.0 Å². The van der Waals surface area contributed by atoms with Gasteiger partial charge in [-0.05, 0) is 6.42 Å². The third-order valence-electron chi connectivity index (χ3n) is 1.00. The van der Waals surface area contributed by atoms with Crippen LogP contribution < -0.4 is 29.0 Å². The van der Waals surface area contributed by atoms with Gasteiger partial charge in [-0.1, -0.05) is 0 Å². The molecule has 0 heterocycles. The molecule has 0 aliphatic rings. The number of carbonyl (C=O) groups excluding carboxylic acids is 2. The molecule has 0 radical (unpaired) electrons. The first kappa shape index (κ1) is 36.0. The van der Waals surface area contributed by atoms with Gasteiger partial charge in [0, 0.05) is 12.5 Å². The van der Waals surface area contributed by atoms with Crippen LogP contribution in [0.25, 0.3) is 0 Å². The van der Waals surface area contributed by atoms with Crippen molar-refractivity contribution < 1.29 is 60.5 Å². The van der Waals surface area contributed by atoms with E-state index >= 15 is 0 Å².